The molecule has 1 heterocycles. The molecule has 13 heavy (non-hydrogen) atoms. The van der Waals surface area contributed by atoms with Gasteiger partial charge in [0.05, 0.1) is 6.04 Å². The number of likely N-dealkylation sites (N-methyl/N-ethyl adjacent to an activating group) is 1. The standard InChI is InChI=1S/C11H14N2/c1-12-9-8-11(13(12)2)10-6-4-3-5-7-10/h3-9,11H,1-2H3. The first-order valence-electron chi connectivity index (χ1n) is 4.48. The minimum Gasteiger partial charge on any atom is -0.316 e. The molecule has 1 unspecified atom stereocenters. The molecular formula is C11H14N2. The van der Waals surface area contributed by atoms with Gasteiger partial charge >= 0.3 is 0 Å². The summed E-state index contributed by atoms with van der Waals surface area (Å²) in [5.41, 5.74) is 1.34. The summed E-state index contributed by atoms with van der Waals surface area (Å²) >= 11 is 0. The second-order valence-corrected chi connectivity index (χ2v) is 3.34. The van der Waals surface area contributed by atoms with Crippen LogP contribution in [0.15, 0.2) is 42.6 Å². The number of rotatable bonds is 1. The average Bonchev–Trinajstić information content (AvgIpc) is 2.49. The summed E-state index contributed by atoms with van der Waals surface area (Å²) in [6.07, 6.45) is 4.30. The Labute approximate surface area is 79.1 Å². The number of nitrogens with zero attached hydrogens (tertiary/aromatic N) is 2. The Bertz CT molecular complexity index is 305. The van der Waals surface area contributed by atoms with Crippen molar-refractivity contribution >= 4 is 0 Å². The van der Waals surface area contributed by atoms with Crippen molar-refractivity contribution in [3.8, 4) is 0 Å². The number of hydrogen-bond acceptors (Lipinski definition) is 2. The molecule has 2 heteroatoms. The van der Waals surface area contributed by atoms with Gasteiger partial charge in [-0.15, -0.1) is 0 Å². The van der Waals surface area contributed by atoms with Crippen LogP contribution in [0.1, 0.15) is 11.6 Å². The van der Waals surface area contributed by atoms with Crippen LogP contribution in [0, 0.1) is 0 Å². The molecule has 0 amide bonds. The van der Waals surface area contributed by atoms with Crippen molar-refractivity contribution in [1.82, 2.24) is 10.0 Å². The van der Waals surface area contributed by atoms with Crippen LogP contribution < -0.4 is 0 Å². The molecular weight excluding hydrogens is 160 g/mol. The van der Waals surface area contributed by atoms with Crippen molar-refractivity contribution in [3.63, 3.8) is 0 Å². The zero-order valence-electron chi connectivity index (χ0n) is 8.01. The first-order valence-corrected chi connectivity index (χ1v) is 4.48. The fourth-order valence-corrected chi connectivity index (χ4v) is 1.61. The van der Waals surface area contributed by atoms with E-state index in [0.717, 1.165) is 0 Å². The summed E-state index contributed by atoms with van der Waals surface area (Å²) < 4.78 is 0. The molecule has 0 saturated carbocycles. The lowest BCUT2D eigenvalue weighted by Gasteiger charge is -2.26. The van der Waals surface area contributed by atoms with Gasteiger partial charge in [-0.2, -0.15) is 0 Å². The smallest absolute Gasteiger partial charge is 0.0737 e. The number of benzene rings is 1. The molecule has 0 radical (unpaired) electrons. The van der Waals surface area contributed by atoms with E-state index in [-0.39, 0.29) is 0 Å². The van der Waals surface area contributed by atoms with Crippen LogP contribution in [0.3, 0.4) is 0 Å². The lowest BCUT2D eigenvalue weighted by molar-refractivity contribution is 0.0737. The van der Waals surface area contributed by atoms with Crippen molar-refractivity contribution in [2.24, 2.45) is 0 Å². The quantitative estimate of drug-likeness (QED) is 0.642. The monoisotopic (exact) mass is 174 g/mol. The van der Waals surface area contributed by atoms with Gasteiger partial charge in [-0.1, -0.05) is 30.3 Å². The van der Waals surface area contributed by atoms with Gasteiger partial charge in [0.1, 0.15) is 0 Å². The molecule has 1 atom stereocenters. The summed E-state index contributed by atoms with van der Waals surface area (Å²) in [6, 6.07) is 10.9. The minimum atomic E-state index is 0.395. The Hall–Kier alpha value is -1.28. The number of hydrazine groups is 1. The number of hydrogen-bond donors (Lipinski definition) is 0. The highest BCUT2D eigenvalue weighted by molar-refractivity contribution is 5.24. The fourth-order valence-electron chi connectivity index (χ4n) is 1.61. The Balaban J connectivity index is 2.24. The summed E-state index contributed by atoms with van der Waals surface area (Å²) in [7, 11) is 4.15. The van der Waals surface area contributed by atoms with Gasteiger partial charge in [0.25, 0.3) is 0 Å². The highest BCUT2D eigenvalue weighted by Gasteiger charge is 2.20. The van der Waals surface area contributed by atoms with E-state index in [1.165, 1.54) is 5.56 Å². The summed E-state index contributed by atoms with van der Waals surface area (Å²) in [5, 5.41) is 4.30. The SMILES string of the molecule is CN1C=CC(c2ccccc2)N1C. The van der Waals surface area contributed by atoms with Gasteiger partial charge in [0, 0.05) is 20.3 Å². The van der Waals surface area contributed by atoms with Crippen molar-refractivity contribution in [2.75, 3.05) is 14.1 Å². The molecule has 1 aromatic rings. The van der Waals surface area contributed by atoms with Gasteiger partial charge in [0.2, 0.25) is 0 Å². The molecule has 0 bridgehead atoms. The van der Waals surface area contributed by atoms with Crippen LogP contribution in [0.5, 0.6) is 0 Å². The van der Waals surface area contributed by atoms with E-state index < -0.39 is 0 Å². The van der Waals surface area contributed by atoms with E-state index in [0.29, 0.717) is 6.04 Å². The molecule has 1 aliphatic heterocycles. The maximum absolute atomic E-state index is 2.20. The summed E-state index contributed by atoms with van der Waals surface area (Å²) in [6.45, 7) is 0. The normalized spacial score (nSPS) is 22.6. The molecule has 0 aliphatic carbocycles. The third-order valence-electron chi connectivity index (χ3n) is 2.53. The van der Waals surface area contributed by atoms with Crippen LogP contribution in [0.2, 0.25) is 0 Å². The summed E-state index contributed by atoms with van der Waals surface area (Å²) in [5.74, 6) is 0. The van der Waals surface area contributed by atoms with Crippen molar-refractivity contribution in [3.05, 3.63) is 48.2 Å². The Morgan fingerprint density at radius 2 is 1.77 bits per heavy atom. The second-order valence-electron chi connectivity index (χ2n) is 3.34. The predicted octanol–water partition coefficient (Wildman–Crippen LogP) is 2.03. The second kappa shape index (κ2) is 3.23. The van der Waals surface area contributed by atoms with Crippen LogP contribution >= 0.6 is 0 Å². The first kappa shape index (κ1) is 8.32. The Morgan fingerprint density at radius 1 is 1.08 bits per heavy atom. The van der Waals surface area contributed by atoms with Crippen LogP contribution in [-0.2, 0) is 0 Å². The third-order valence-corrected chi connectivity index (χ3v) is 2.53. The van der Waals surface area contributed by atoms with Crippen molar-refractivity contribution < 1.29 is 0 Å². The largest absolute Gasteiger partial charge is 0.316 e. The molecule has 0 spiro atoms. The van der Waals surface area contributed by atoms with Gasteiger partial charge in [-0.05, 0) is 11.6 Å². The molecule has 2 rings (SSSR count). The van der Waals surface area contributed by atoms with Gasteiger partial charge in [0.15, 0.2) is 0 Å². The Morgan fingerprint density at radius 3 is 2.31 bits per heavy atom. The molecule has 0 aromatic heterocycles. The minimum absolute atomic E-state index is 0.395. The van der Waals surface area contributed by atoms with Gasteiger partial charge in [-0.3, -0.25) is 0 Å². The molecule has 2 nitrogen and oxygen atoms in total. The molecule has 0 N–H and O–H groups in total. The van der Waals surface area contributed by atoms with Crippen LogP contribution in [-0.4, -0.2) is 24.1 Å². The zero-order valence-corrected chi connectivity index (χ0v) is 8.01. The maximum atomic E-state index is 2.20. The van der Waals surface area contributed by atoms with Crippen molar-refractivity contribution in [1.29, 1.82) is 0 Å². The van der Waals surface area contributed by atoms with Crippen LogP contribution in [0.4, 0.5) is 0 Å². The van der Waals surface area contributed by atoms with Gasteiger partial charge in [-0.25, -0.2) is 5.01 Å². The molecule has 1 aliphatic rings. The van der Waals surface area contributed by atoms with E-state index in [1.807, 2.05) is 6.07 Å². The molecule has 0 saturated heterocycles. The van der Waals surface area contributed by atoms with Gasteiger partial charge < -0.3 is 5.01 Å². The van der Waals surface area contributed by atoms with E-state index in [9.17, 15) is 0 Å². The molecule has 0 fully saturated rings. The van der Waals surface area contributed by atoms with E-state index >= 15 is 0 Å². The maximum Gasteiger partial charge on any atom is 0.0737 e. The topological polar surface area (TPSA) is 6.48 Å². The predicted molar refractivity (Wildman–Crippen MR) is 53.8 cm³/mol. The fraction of sp³-hybridized carbons (Fsp3) is 0.273. The third kappa shape index (κ3) is 1.45. The van der Waals surface area contributed by atoms with E-state index in [2.05, 4.69) is 60.7 Å². The Kier molecular flexibility index (Phi) is 2.07. The lowest BCUT2D eigenvalue weighted by atomic mass is 10.1. The first-order chi connectivity index (χ1) is 6.29. The zero-order chi connectivity index (χ0) is 9.26. The average molecular weight is 174 g/mol. The van der Waals surface area contributed by atoms with E-state index in [1.54, 1.807) is 0 Å². The van der Waals surface area contributed by atoms with Crippen LogP contribution in [0.25, 0.3) is 0 Å². The summed E-state index contributed by atoms with van der Waals surface area (Å²) in [4.78, 5) is 0. The highest BCUT2D eigenvalue weighted by atomic mass is 15.6. The highest BCUT2D eigenvalue weighted by Crippen LogP contribution is 2.26. The lowest BCUT2D eigenvalue weighted by Crippen LogP contribution is -2.30. The van der Waals surface area contributed by atoms with Crippen molar-refractivity contribution in [2.45, 2.75) is 6.04 Å². The molecule has 68 valence electrons. The molecule has 1 aromatic carbocycles. The van der Waals surface area contributed by atoms with E-state index in [4.69, 9.17) is 0 Å².